The maximum atomic E-state index is 13.6. The number of rotatable bonds is 8. The van der Waals surface area contributed by atoms with Crippen LogP contribution in [-0.4, -0.2) is 81.1 Å². The number of sulfone groups is 1. The monoisotopic (exact) mass is 537 g/mol. The molecule has 2 atom stereocenters. The van der Waals surface area contributed by atoms with Crippen molar-refractivity contribution >= 4 is 15.7 Å². The molecule has 0 N–H and O–H groups in total. The molecular weight excluding hydrogens is 494 g/mol. The Balaban J connectivity index is 1.18. The lowest BCUT2D eigenvalue weighted by Crippen LogP contribution is -2.46. The van der Waals surface area contributed by atoms with Crippen LogP contribution in [0.5, 0.6) is 0 Å². The van der Waals surface area contributed by atoms with Gasteiger partial charge in [-0.25, -0.2) is 8.42 Å². The Hall–Kier alpha value is -2.22. The van der Waals surface area contributed by atoms with E-state index in [1.165, 1.54) is 11.8 Å². The molecule has 0 aromatic heterocycles. The van der Waals surface area contributed by atoms with Crippen LogP contribution >= 0.6 is 0 Å². The molecule has 38 heavy (non-hydrogen) atoms. The van der Waals surface area contributed by atoms with Gasteiger partial charge in [-0.15, -0.1) is 0 Å². The minimum absolute atomic E-state index is 0.221. The lowest BCUT2D eigenvalue weighted by atomic mass is 9.76. The summed E-state index contributed by atoms with van der Waals surface area (Å²) < 4.78 is 23.5. The SMILES string of the molecule is CC(C)CN1C[C@H](CN2CCC3(CC2)CCN(Cc2ccc(S(C)(=O)=O)cc2)C3=O)[C@@H](c2ccccc2)C1. The molecule has 0 aliphatic carbocycles. The van der Waals surface area contributed by atoms with Gasteiger partial charge in [0.15, 0.2) is 9.84 Å². The minimum atomic E-state index is -3.21. The molecule has 2 aromatic carbocycles. The highest BCUT2D eigenvalue weighted by atomic mass is 32.2. The smallest absolute Gasteiger partial charge is 0.229 e. The largest absolute Gasteiger partial charge is 0.338 e. The van der Waals surface area contributed by atoms with Gasteiger partial charge < -0.3 is 14.7 Å². The van der Waals surface area contributed by atoms with Crippen molar-refractivity contribution < 1.29 is 13.2 Å². The van der Waals surface area contributed by atoms with Crippen LogP contribution in [0.3, 0.4) is 0 Å². The van der Waals surface area contributed by atoms with E-state index in [9.17, 15) is 13.2 Å². The highest BCUT2D eigenvalue weighted by Crippen LogP contribution is 2.43. The summed E-state index contributed by atoms with van der Waals surface area (Å²) >= 11 is 0. The molecule has 2 aromatic rings. The summed E-state index contributed by atoms with van der Waals surface area (Å²) in [6, 6.07) is 18.0. The average Bonchev–Trinajstić information content (AvgIpc) is 3.41. The Morgan fingerprint density at radius 3 is 2.18 bits per heavy atom. The highest BCUT2D eigenvalue weighted by Gasteiger charge is 2.48. The lowest BCUT2D eigenvalue weighted by molar-refractivity contribution is -0.139. The second kappa shape index (κ2) is 11.1. The molecule has 1 amide bonds. The molecule has 0 saturated carbocycles. The predicted molar refractivity (Wildman–Crippen MR) is 152 cm³/mol. The van der Waals surface area contributed by atoms with Crippen LogP contribution in [0.4, 0.5) is 0 Å². The summed E-state index contributed by atoms with van der Waals surface area (Å²) in [7, 11) is -3.21. The van der Waals surface area contributed by atoms with Gasteiger partial charge in [0.25, 0.3) is 0 Å². The number of piperidine rings is 1. The third-order valence-corrected chi connectivity index (χ3v) is 10.1. The molecule has 0 radical (unpaired) electrons. The van der Waals surface area contributed by atoms with Gasteiger partial charge in [-0.05, 0) is 67.4 Å². The molecule has 1 spiro atoms. The number of amides is 1. The van der Waals surface area contributed by atoms with Gasteiger partial charge >= 0.3 is 0 Å². The molecule has 206 valence electrons. The normalized spacial score (nSPS) is 24.6. The summed E-state index contributed by atoms with van der Waals surface area (Å²) in [4.78, 5) is 21.1. The summed E-state index contributed by atoms with van der Waals surface area (Å²) in [6.07, 6.45) is 4.03. The zero-order valence-corrected chi connectivity index (χ0v) is 24.0. The van der Waals surface area contributed by atoms with E-state index in [1.807, 2.05) is 17.0 Å². The minimum Gasteiger partial charge on any atom is -0.338 e. The summed E-state index contributed by atoms with van der Waals surface area (Å²) in [5.41, 5.74) is 2.23. The Bertz CT molecular complexity index is 1200. The molecule has 3 aliphatic rings. The summed E-state index contributed by atoms with van der Waals surface area (Å²) in [5.74, 6) is 2.16. The first-order valence-corrected chi connectivity index (χ1v) is 16.1. The van der Waals surface area contributed by atoms with Crippen molar-refractivity contribution in [1.29, 1.82) is 0 Å². The number of likely N-dealkylation sites (tertiary alicyclic amines) is 3. The average molecular weight is 538 g/mol. The van der Waals surface area contributed by atoms with Crippen molar-refractivity contribution in [2.24, 2.45) is 17.3 Å². The third-order valence-electron chi connectivity index (χ3n) is 9.00. The second-order valence-corrected chi connectivity index (χ2v) is 14.4. The molecular formula is C31H43N3O3S. The molecule has 3 saturated heterocycles. The Labute approximate surface area is 228 Å². The van der Waals surface area contributed by atoms with Gasteiger partial charge in [0.2, 0.25) is 5.91 Å². The van der Waals surface area contributed by atoms with Crippen LogP contribution in [0.15, 0.2) is 59.5 Å². The van der Waals surface area contributed by atoms with Crippen LogP contribution in [0, 0.1) is 17.3 Å². The van der Waals surface area contributed by atoms with E-state index in [2.05, 4.69) is 54.0 Å². The van der Waals surface area contributed by atoms with E-state index in [0.29, 0.717) is 29.2 Å². The Kier molecular flexibility index (Phi) is 7.99. The first-order chi connectivity index (χ1) is 18.1. The van der Waals surface area contributed by atoms with Gasteiger partial charge in [0, 0.05) is 51.4 Å². The van der Waals surface area contributed by atoms with Crippen molar-refractivity contribution in [3.63, 3.8) is 0 Å². The molecule has 7 heteroatoms. The topological polar surface area (TPSA) is 60.9 Å². The number of nitrogens with zero attached hydrogens (tertiary/aromatic N) is 3. The Morgan fingerprint density at radius 2 is 1.55 bits per heavy atom. The molecule has 0 unspecified atom stereocenters. The summed E-state index contributed by atoms with van der Waals surface area (Å²) in [6.45, 7) is 12.5. The van der Waals surface area contributed by atoms with E-state index in [4.69, 9.17) is 0 Å². The van der Waals surface area contributed by atoms with Gasteiger partial charge in [0.05, 0.1) is 10.3 Å². The number of hydrogen-bond donors (Lipinski definition) is 0. The zero-order valence-electron chi connectivity index (χ0n) is 23.2. The number of hydrogen-bond acceptors (Lipinski definition) is 5. The number of carbonyl (C=O) groups is 1. The van der Waals surface area contributed by atoms with Crippen LogP contribution in [0.2, 0.25) is 0 Å². The maximum Gasteiger partial charge on any atom is 0.229 e. The quantitative estimate of drug-likeness (QED) is 0.503. The maximum absolute atomic E-state index is 13.6. The van der Waals surface area contributed by atoms with Crippen molar-refractivity contribution in [3.8, 4) is 0 Å². The van der Waals surface area contributed by atoms with E-state index >= 15 is 0 Å². The van der Waals surface area contributed by atoms with Crippen molar-refractivity contribution in [2.45, 2.75) is 50.5 Å². The molecule has 0 bridgehead atoms. The van der Waals surface area contributed by atoms with Gasteiger partial charge in [-0.1, -0.05) is 56.3 Å². The number of benzene rings is 2. The lowest BCUT2D eigenvalue weighted by Gasteiger charge is -2.39. The van der Waals surface area contributed by atoms with Crippen molar-refractivity contribution in [3.05, 3.63) is 65.7 Å². The van der Waals surface area contributed by atoms with E-state index in [1.54, 1.807) is 12.1 Å². The Morgan fingerprint density at radius 1 is 0.895 bits per heavy atom. The summed E-state index contributed by atoms with van der Waals surface area (Å²) in [5, 5.41) is 0. The van der Waals surface area contributed by atoms with E-state index < -0.39 is 9.84 Å². The molecule has 3 heterocycles. The molecule has 3 fully saturated rings. The molecule has 6 nitrogen and oxygen atoms in total. The standard InChI is InChI=1S/C31H43N3O3S/c1-24(2)19-33-22-27(29(23-33)26-7-5-4-6-8-26)21-32-16-13-31(14-17-32)15-18-34(30(31)35)20-25-9-11-28(12-10-25)38(3,36)37/h4-12,24,27,29H,13-23H2,1-3H3/t27-,29+/m0/s1. The van der Waals surface area contributed by atoms with Gasteiger partial charge in [-0.2, -0.15) is 0 Å². The van der Waals surface area contributed by atoms with Crippen molar-refractivity contribution in [1.82, 2.24) is 14.7 Å². The van der Waals surface area contributed by atoms with Crippen LogP contribution in [-0.2, 0) is 21.2 Å². The van der Waals surface area contributed by atoms with Crippen LogP contribution in [0.25, 0.3) is 0 Å². The predicted octanol–water partition coefficient (Wildman–Crippen LogP) is 4.28. The molecule has 5 rings (SSSR count). The highest BCUT2D eigenvalue weighted by molar-refractivity contribution is 7.90. The van der Waals surface area contributed by atoms with Gasteiger partial charge in [-0.3, -0.25) is 4.79 Å². The van der Waals surface area contributed by atoms with Gasteiger partial charge in [0.1, 0.15) is 0 Å². The zero-order chi connectivity index (χ0) is 26.9. The third kappa shape index (κ3) is 6.00. The second-order valence-electron chi connectivity index (χ2n) is 12.4. The fourth-order valence-electron chi connectivity index (χ4n) is 6.95. The van der Waals surface area contributed by atoms with Crippen LogP contribution in [0.1, 0.15) is 50.2 Å². The fraction of sp³-hybridized carbons (Fsp3) is 0.581. The van der Waals surface area contributed by atoms with E-state index in [-0.39, 0.29) is 11.3 Å². The fourth-order valence-corrected chi connectivity index (χ4v) is 7.58. The first-order valence-electron chi connectivity index (χ1n) is 14.2. The van der Waals surface area contributed by atoms with Crippen molar-refractivity contribution in [2.75, 3.05) is 52.1 Å². The number of carbonyl (C=O) groups excluding carboxylic acids is 1. The van der Waals surface area contributed by atoms with Crippen LogP contribution < -0.4 is 0 Å². The van der Waals surface area contributed by atoms with E-state index in [0.717, 1.165) is 70.6 Å². The molecule has 3 aliphatic heterocycles. The first kappa shape index (κ1) is 27.4.